The van der Waals surface area contributed by atoms with Crippen molar-refractivity contribution >= 4 is 0 Å². The molecule has 0 saturated heterocycles. The summed E-state index contributed by atoms with van der Waals surface area (Å²) >= 11 is 0. The molecule has 2 fully saturated rings. The van der Waals surface area contributed by atoms with Gasteiger partial charge >= 0.3 is 0 Å². The smallest absolute Gasteiger partial charge is 0.0352 e. The Kier molecular flexibility index (Phi) is 4.78. The Hall–Kier alpha value is 0. The van der Waals surface area contributed by atoms with Gasteiger partial charge in [0.1, 0.15) is 0 Å². The van der Waals surface area contributed by atoms with Crippen molar-refractivity contribution in [2.24, 2.45) is 29.1 Å². The lowest BCUT2D eigenvalue weighted by atomic mass is 9.66. The van der Waals surface area contributed by atoms with Crippen molar-refractivity contribution in [3.05, 3.63) is 0 Å². The van der Waals surface area contributed by atoms with Crippen molar-refractivity contribution < 1.29 is 0 Å². The van der Waals surface area contributed by atoms with Crippen molar-refractivity contribution in [2.75, 3.05) is 0 Å². The molecule has 2 saturated carbocycles. The second-order valence-electron chi connectivity index (χ2n) is 8.19. The summed E-state index contributed by atoms with van der Waals surface area (Å²) in [6.45, 7) is 9.84. The SMILES string of the molecule is CCC1CC(CC2CCCC(C)(C)C2)CCC1C. The van der Waals surface area contributed by atoms with Gasteiger partial charge in [-0.1, -0.05) is 59.8 Å². The first-order chi connectivity index (χ1) is 8.50. The maximum absolute atomic E-state index is 2.48. The van der Waals surface area contributed by atoms with Crippen LogP contribution in [0.1, 0.15) is 85.5 Å². The number of rotatable bonds is 3. The Labute approximate surface area is 115 Å². The molecule has 0 aromatic heterocycles. The molecular weight excluding hydrogens is 216 g/mol. The molecular formula is C18H34. The molecule has 18 heavy (non-hydrogen) atoms. The highest BCUT2D eigenvalue weighted by molar-refractivity contribution is 4.83. The van der Waals surface area contributed by atoms with Crippen LogP contribution < -0.4 is 0 Å². The Bertz CT molecular complexity index is 253. The van der Waals surface area contributed by atoms with E-state index in [0.29, 0.717) is 5.41 Å². The second kappa shape index (κ2) is 5.97. The van der Waals surface area contributed by atoms with Crippen molar-refractivity contribution in [3.63, 3.8) is 0 Å². The van der Waals surface area contributed by atoms with Crippen LogP contribution in [0.3, 0.4) is 0 Å². The van der Waals surface area contributed by atoms with E-state index in [1.54, 1.807) is 6.42 Å². The molecule has 0 aromatic rings. The zero-order valence-corrected chi connectivity index (χ0v) is 13.2. The van der Waals surface area contributed by atoms with Crippen molar-refractivity contribution in [2.45, 2.75) is 85.5 Å². The number of hydrogen-bond donors (Lipinski definition) is 0. The van der Waals surface area contributed by atoms with Gasteiger partial charge in [-0.25, -0.2) is 0 Å². The van der Waals surface area contributed by atoms with Crippen LogP contribution in [0, 0.1) is 29.1 Å². The molecule has 0 bridgehead atoms. The molecule has 4 unspecified atom stereocenters. The lowest BCUT2D eigenvalue weighted by Crippen LogP contribution is -2.28. The predicted molar refractivity (Wildman–Crippen MR) is 80.6 cm³/mol. The molecule has 0 aromatic carbocycles. The largest absolute Gasteiger partial charge is 0.0651 e. The topological polar surface area (TPSA) is 0 Å². The van der Waals surface area contributed by atoms with Crippen LogP contribution in [0.25, 0.3) is 0 Å². The van der Waals surface area contributed by atoms with Crippen molar-refractivity contribution in [1.82, 2.24) is 0 Å². The minimum absolute atomic E-state index is 0.634. The molecule has 0 spiro atoms. The zero-order chi connectivity index (χ0) is 13.2. The molecule has 0 radical (unpaired) electrons. The van der Waals surface area contributed by atoms with E-state index >= 15 is 0 Å². The van der Waals surface area contributed by atoms with Gasteiger partial charge in [0, 0.05) is 0 Å². The molecule has 2 aliphatic carbocycles. The van der Waals surface area contributed by atoms with Crippen LogP contribution in [0.2, 0.25) is 0 Å². The Balaban J connectivity index is 1.82. The van der Waals surface area contributed by atoms with Crippen LogP contribution in [-0.4, -0.2) is 0 Å². The highest BCUT2D eigenvalue weighted by atomic mass is 14.4. The van der Waals surface area contributed by atoms with Gasteiger partial charge in [-0.05, 0) is 54.8 Å². The van der Waals surface area contributed by atoms with Gasteiger partial charge in [-0.2, -0.15) is 0 Å². The molecule has 2 rings (SSSR count). The summed E-state index contributed by atoms with van der Waals surface area (Å²) in [5, 5.41) is 0. The monoisotopic (exact) mass is 250 g/mol. The summed E-state index contributed by atoms with van der Waals surface area (Å²) in [6.07, 6.45) is 13.5. The van der Waals surface area contributed by atoms with Gasteiger partial charge in [0.05, 0.1) is 0 Å². The fraction of sp³-hybridized carbons (Fsp3) is 1.00. The van der Waals surface area contributed by atoms with Crippen molar-refractivity contribution in [3.8, 4) is 0 Å². The third-order valence-corrected chi connectivity index (χ3v) is 5.97. The Morgan fingerprint density at radius 3 is 2.50 bits per heavy atom. The molecule has 0 aliphatic heterocycles. The lowest BCUT2D eigenvalue weighted by molar-refractivity contribution is 0.120. The molecule has 0 heterocycles. The third-order valence-electron chi connectivity index (χ3n) is 5.97. The minimum Gasteiger partial charge on any atom is -0.0651 e. The van der Waals surface area contributed by atoms with E-state index in [0.717, 1.165) is 23.7 Å². The van der Waals surface area contributed by atoms with Crippen LogP contribution in [-0.2, 0) is 0 Å². The summed E-state index contributed by atoms with van der Waals surface area (Å²) in [5.41, 5.74) is 0.634. The standard InChI is InChI=1S/C18H34/c1-5-17-12-15(9-8-14(17)2)11-16-7-6-10-18(3,4)13-16/h14-17H,5-13H2,1-4H3. The first kappa shape index (κ1) is 14.4. The fourth-order valence-corrected chi connectivity index (χ4v) is 4.82. The summed E-state index contributed by atoms with van der Waals surface area (Å²) in [6, 6.07) is 0. The summed E-state index contributed by atoms with van der Waals surface area (Å²) < 4.78 is 0. The van der Waals surface area contributed by atoms with E-state index in [2.05, 4.69) is 27.7 Å². The average Bonchev–Trinajstić information content (AvgIpc) is 2.30. The van der Waals surface area contributed by atoms with Crippen LogP contribution in [0.4, 0.5) is 0 Å². The van der Waals surface area contributed by atoms with Gasteiger partial charge < -0.3 is 0 Å². The van der Waals surface area contributed by atoms with Gasteiger partial charge in [0.15, 0.2) is 0 Å². The molecule has 0 N–H and O–H groups in total. The van der Waals surface area contributed by atoms with Crippen LogP contribution >= 0.6 is 0 Å². The van der Waals surface area contributed by atoms with Crippen LogP contribution in [0.15, 0.2) is 0 Å². The molecule has 0 amide bonds. The highest BCUT2D eigenvalue weighted by Gasteiger charge is 2.32. The minimum atomic E-state index is 0.634. The first-order valence-electron chi connectivity index (χ1n) is 8.50. The molecule has 0 heteroatoms. The van der Waals surface area contributed by atoms with Crippen molar-refractivity contribution in [1.29, 1.82) is 0 Å². The molecule has 106 valence electrons. The average molecular weight is 250 g/mol. The van der Waals surface area contributed by atoms with Gasteiger partial charge in [-0.15, -0.1) is 0 Å². The van der Waals surface area contributed by atoms with E-state index in [1.807, 2.05) is 0 Å². The lowest BCUT2D eigenvalue weighted by Gasteiger charge is -2.39. The van der Waals surface area contributed by atoms with Gasteiger partial charge in [-0.3, -0.25) is 0 Å². The van der Waals surface area contributed by atoms with Gasteiger partial charge in [0.25, 0.3) is 0 Å². The normalized spacial score (nSPS) is 40.7. The van der Waals surface area contributed by atoms with E-state index in [1.165, 1.54) is 51.4 Å². The van der Waals surface area contributed by atoms with Crippen LogP contribution in [0.5, 0.6) is 0 Å². The summed E-state index contributed by atoms with van der Waals surface area (Å²) in [7, 11) is 0. The van der Waals surface area contributed by atoms with E-state index < -0.39 is 0 Å². The summed E-state index contributed by atoms with van der Waals surface area (Å²) in [5.74, 6) is 4.13. The van der Waals surface area contributed by atoms with E-state index in [9.17, 15) is 0 Å². The predicted octanol–water partition coefficient (Wildman–Crippen LogP) is 6.06. The highest BCUT2D eigenvalue weighted by Crippen LogP contribution is 2.44. The van der Waals surface area contributed by atoms with Gasteiger partial charge in [0.2, 0.25) is 0 Å². The third kappa shape index (κ3) is 3.75. The number of hydrogen-bond acceptors (Lipinski definition) is 0. The maximum atomic E-state index is 2.48. The fourth-order valence-electron chi connectivity index (χ4n) is 4.82. The Morgan fingerprint density at radius 1 is 1.06 bits per heavy atom. The van der Waals surface area contributed by atoms with E-state index in [4.69, 9.17) is 0 Å². The molecule has 0 nitrogen and oxygen atoms in total. The maximum Gasteiger partial charge on any atom is -0.0352 e. The zero-order valence-electron chi connectivity index (χ0n) is 13.2. The molecule has 2 aliphatic rings. The molecule has 4 atom stereocenters. The van der Waals surface area contributed by atoms with E-state index in [-0.39, 0.29) is 0 Å². The Morgan fingerprint density at radius 2 is 1.83 bits per heavy atom. The first-order valence-corrected chi connectivity index (χ1v) is 8.50. The second-order valence-corrected chi connectivity index (χ2v) is 8.19. The summed E-state index contributed by atoms with van der Waals surface area (Å²) in [4.78, 5) is 0. The quantitative estimate of drug-likeness (QED) is 0.571.